The number of imidazole rings is 1. The average Bonchev–Trinajstić information content (AvgIpc) is 3.09. The van der Waals surface area contributed by atoms with Crippen LogP contribution < -0.4 is 0 Å². The number of fused-ring (bicyclic) bond motifs is 3. The summed E-state index contributed by atoms with van der Waals surface area (Å²) >= 11 is 1.53. The van der Waals surface area contributed by atoms with Gasteiger partial charge in [-0.1, -0.05) is 23.5 Å². The van der Waals surface area contributed by atoms with E-state index in [4.69, 9.17) is 5.11 Å². The van der Waals surface area contributed by atoms with Crippen LogP contribution in [0.25, 0.3) is 32.5 Å². The van der Waals surface area contributed by atoms with Crippen molar-refractivity contribution in [2.75, 3.05) is 0 Å². The number of para-hydroxylation sites is 1. The summed E-state index contributed by atoms with van der Waals surface area (Å²) in [6.07, 6.45) is 2.61. The second-order valence-corrected chi connectivity index (χ2v) is 6.22. The lowest BCUT2D eigenvalue weighted by atomic mass is 10.1. The predicted octanol–water partition coefficient (Wildman–Crippen LogP) is 4.45. The average molecular weight is 338 g/mol. The Morgan fingerprint density at radius 2 is 1.92 bits per heavy atom. The van der Waals surface area contributed by atoms with Crippen molar-refractivity contribution in [3.63, 3.8) is 0 Å². The summed E-state index contributed by atoms with van der Waals surface area (Å²) in [5.74, 6) is -1.36. The molecular formula is C18H11FN2O2S. The zero-order valence-electron chi connectivity index (χ0n) is 12.3. The maximum atomic E-state index is 13.2. The van der Waals surface area contributed by atoms with Crippen molar-refractivity contribution in [3.05, 3.63) is 66.1 Å². The number of carboxylic acids is 1. The zero-order valence-corrected chi connectivity index (χ0v) is 13.1. The molecule has 2 aromatic carbocycles. The summed E-state index contributed by atoms with van der Waals surface area (Å²) in [6.45, 7) is 0. The Morgan fingerprint density at radius 1 is 1.17 bits per heavy atom. The van der Waals surface area contributed by atoms with Crippen LogP contribution in [0.4, 0.5) is 4.39 Å². The number of aliphatic carboxylic acids is 1. The van der Waals surface area contributed by atoms with Gasteiger partial charge in [0.2, 0.25) is 0 Å². The number of nitrogens with zero attached hydrogens (tertiary/aromatic N) is 2. The fourth-order valence-electron chi connectivity index (χ4n) is 2.66. The minimum Gasteiger partial charge on any atom is -0.478 e. The standard InChI is InChI=1S/C18H11FN2O2S/c19-12-7-5-11(6-8-12)17-14(9-10-16(22)23)21-13-3-1-2-4-15(13)24-18(21)20-17/h1-10H,(H,22,23). The number of benzene rings is 2. The minimum absolute atomic E-state index is 0.326. The van der Waals surface area contributed by atoms with E-state index in [-0.39, 0.29) is 5.82 Å². The molecule has 0 aliphatic heterocycles. The smallest absolute Gasteiger partial charge is 0.328 e. The highest BCUT2D eigenvalue weighted by Gasteiger charge is 2.16. The molecule has 0 bridgehead atoms. The highest BCUT2D eigenvalue weighted by molar-refractivity contribution is 7.23. The van der Waals surface area contributed by atoms with Gasteiger partial charge in [-0.2, -0.15) is 0 Å². The Bertz CT molecular complexity index is 1090. The Balaban J connectivity index is 2.03. The molecule has 2 heterocycles. The van der Waals surface area contributed by atoms with Gasteiger partial charge in [0.05, 0.1) is 21.6 Å². The Morgan fingerprint density at radius 3 is 2.67 bits per heavy atom. The molecule has 0 spiro atoms. The maximum absolute atomic E-state index is 13.2. The molecule has 24 heavy (non-hydrogen) atoms. The fourth-order valence-corrected chi connectivity index (χ4v) is 3.70. The van der Waals surface area contributed by atoms with Gasteiger partial charge >= 0.3 is 5.97 Å². The summed E-state index contributed by atoms with van der Waals surface area (Å²) in [7, 11) is 0. The lowest BCUT2D eigenvalue weighted by Crippen LogP contribution is -1.91. The molecule has 1 N–H and O–H groups in total. The van der Waals surface area contributed by atoms with E-state index in [1.807, 2.05) is 28.7 Å². The topological polar surface area (TPSA) is 54.6 Å². The van der Waals surface area contributed by atoms with Crippen LogP contribution in [-0.2, 0) is 4.79 Å². The van der Waals surface area contributed by atoms with Crippen LogP contribution in [0.5, 0.6) is 0 Å². The quantitative estimate of drug-likeness (QED) is 0.561. The molecule has 0 saturated heterocycles. The number of hydrogen-bond donors (Lipinski definition) is 1. The minimum atomic E-state index is -1.03. The molecule has 6 heteroatoms. The van der Waals surface area contributed by atoms with E-state index in [0.29, 0.717) is 11.4 Å². The lowest BCUT2D eigenvalue weighted by molar-refractivity contribution is -0.131. The van der Waals surface area contributed by atoms with Crippen molar-refractivity contribution >= 4 is 38.6 Å². The highest BCUT2D eigenvalue weighted by atomic mass is 32.1. The molecule has 4 aromatic rings. The molecule has 0 atom stereocenters. The van der Waals surface area contributed by atoms with E-state index >= 15 is 0 Å². The Labute approximate surface area is 140 Å². The maximum Gasteiger partial charge on any atom is 0.328 e. The number of thiazole rings is 1. The van der Waals surface area contributed by atoms with E-state index in [1.54, 1.807) is 12.1 Å². The number of aromatic nitrogens is 2. The second-order valence-electron chi connectivity index (χ2n) is 5.21. The Hall–Kier alpha value is -2.99. The molecule has 4 nitrogen and oxygen atoms in total. The molecule has 4 rings (SSSR count). The van der Waals surface area contributed by atoms with Crippen LogP contribution in [0, 0.1) is 5.82 Å². The van der Waals surface area contributed by atoms with Crippen molar-refractivity contribution in [1.29, 1.82) is 0 Å². The molecular weight excluding hydrogens is 327 g/mol. The molecule has 0 saturated carbocycles. The van der Waals surface area contributed by atoms with Crippen LogP contribution in [0.3, 0.4) is 0 Å². The SMILES string of the molecule is O=C(O)C=Cc1c(-c2ccc(F)cc2)nc2sc3ccccc3n12. The normalized spacial score (nSPS) is 11.7. The molecule has 2 aromatic heterocycles. The molecule has 0 amide bonds. The molecule has 0 aliphatic carbocycles. The van der Waals surface area contributed by atoms with Crippen LogP contribution in [-0.4, -0.2) is 20.5 Å². The van der Waals surface area contributed by atoms with Gasteiger partial charge in [-0.3, -0.25) is 4.40 Å². The van der Waals surface area contributed by atoms with Crippen molar-refractivity contribution in [1.82, 2.24) is 9.38 Å². The van der Waals surface area contributed by atoms with Crippen molar-refractivity contribution in [2.24, 2.45) is 0 Å². The number of rotatable bonds is 3. The third-order valence-corrected chi connectivity index (χ3v) is 4.71. The second kappa shape index (κ2) is 5.58. The number of carboxylic acid groups (broad SMARTS) is 1. The van der Waals surface area contributed by atoms with Gasteiger partial charge in [-0.15, -0.1) is 0 Å². The zero-order chi connectivity index (χ0) is 16.7. The number of carbonyl (C=O) groups is 1. The summed E-state index contributed by atoms with van der Waals surface area (Å²) in [5, 5.41) is 8.98. The summed E-state index contributed by atoms with van der Waals surface area (Å²) < 4.78 is 16.2. The lowest BCUT2D eigenvalue weighted by Gasteiger charge is -2.01. The van der Waals surface area contributed by atoms with Gasteiger partial charge in [0.25, 0.3) is 0 Å². The first-order valence-electron chi connectivity index (χ1n) is 7.20. The molecule has 0 aliphatic rings. The van der Waals surface area contributed by atoms with Crippen LogP contribution in [0.1, 0.15) is 5.69 Å². The highest BCUT2D eigenvalue weighted by Crippen LogP contribution is 2.33. The van der Waals surface area contributed by atoms with Crippen molar-refractivity contribution in [3.8, 4) is 11.3 Å². The largest absolute Gasteiger partial charge is 0.478 e. The molecule has 0 radical (unpaired) electrons. The molecule has 0 fully saturated rings. The van der Waals surface area contributed by atoms with E-state index < -0.39 is 5.97 Å². The van der Waals surface area contributed by atoms with Gasteiger partial charge in [0, 0.05) is 11.6 Å². The van der Waals surface area contributed by atoms with E-state index in [1.165, 1.54) is 29.5 Å². The molecule has 0 unspecified atom stereocenters. The third-order valence-electron chi connectivity index (χ3n) is 3.69. The Kier molecular flexibility index (Phi) is 3.39. The van der Waals surface area contributed by atoms with E-state index in [9.17, 15) is 9.18 Å². The van der Waals surface area contributed by atoms with Gasteiger partial charge in [-0.25, -0.2) is 14.2 Å². The first-order valence-corrected chi connectivity index (χ1v) is 8.02. The van der Waals surface area contributed by atoms with Gasteiger partial charge in [-0.05, 0) is 42.5 Å². The fraction of sp³-hybridized carbons (Fsp3) is 0. The van der Waals surface area contributed by atoms with Crippen LogP contribution in [0.2, 0.25) is 0 Å². The predicted molar refractivity (Wildman–Crippen MR) is 92.6 cm³/mol. The van der Waals surface area contributed by atoms with Crippen molar-refractivity contribution < 1.29 is 14.3 Å². The summed E-state index contributed by atoms with van der Waals surface area (Å²) in [6, 6.07) is 13.9. The van der Waals surface area contributed by atoms with E-state index in [0.717, 1.165) is 26.8 Å². The van der Waals surface area contributed by atoms with Crippen LogP contribution >= 0.6 is 11.3 Å². The summed E-state index contributed by atoms with van der Waals surface area (Å²) in [5.41, 5.74) is 2.99. The van der Waals surface area contributed by atoms with Gasteiger partial charge < -0.3 is 5.11 Å². The van der Waals surface area contributed by atoms with E-state index in [2.05, 4.69) is 4.98 Å². The molecule has 118 valence electrons. The van der Waals surface area contributed by atoms with Crippen LogP contribution in [0.15, 0.2) is 54.6 Å². The number of halogens is 1. The van der Waals surface area contributed by atoms with Gasteiger partial charge in [0.15, 0.2) is 4.96 Å². The third kappa shape index (κ3) is 2.37. The first kappa shape index (κ1) is 14.6. The summed E-state index contributed by atoms with van der Waals surface area (Å²) in [4.78, 5) is 16.4. The van der Waals surface area contributed by atoms with Crippen molar-refractivity contribution in [2.45, 2.75) is 0 Å². The monoisotopic (exact) mass is 338 g/mol. The van der Waals surface area contributed by atoms with Gasteiger partial charge in [0.1, 0.15) is 5.82 Å². The number of hydrogen-bond acceptors (Lipinski definition) is 3. The first-order chi connectivity index (χ1) is 11.6.